The zero-order chi connectivity index (χ0) is 24.2. The smallest absolute Gasteiger partial charge is 0.347 e. The van der Waals surface area contributed by atoms with Crippen LogP contribution in [0.3, 0.4) is 0 Å². The van der Waals surface area contributed by atoms with Crippen molar-refractivity contribution in [3.05, 3.63) is 52.2 Å². The first-order chi connectivity index (χ1) is 16.4. The second-order valence-electron chi connectivity index (χ2n) is 8.62. The van der Waals surface area contributed by atoms with Crippen molar-refractivity contribution >= 4 is 16.9 Å². The number of rotatable bonds is 7. The molecule has 0 saturated heterocycles. The van der Waals surface area contributed by atoms with E-state index in [2.05, 4.69) is 0 Å². The van der Waals surface area contributed by atoms with E-state index in [1.165, 1.54) is 7.11 Å². The van der Waals surface area contributed by atoms with Gasteiger partial charge < -0.3 is 23.4 Å². The fourth-order valence-corrected chi connectivity index (χ4v) is 4.23. The van der Waals surface area contributed by atoms with E-state index >= 15 is 0 Å². The maximum Gasteiger partial charge on any atom is 0.347 e. The number of esters is 1. The van der Waals surface area contributed by atoms with E-state index in [9.17, 15) is 9.59 Å². The highest BCUT2D eigenvalue weighted by atomic mass is 16.6. The number of ether oxygens (including phenoxy) is 4. The zero-order valence-electron chi connectivity index (χ0n) is 20.0. The Morgan fingerprint density at radius 2 is 1.74 bits per heavy atom. The summed E-state index contributed by atoms with van der Waals surface area (Å²) in [4.78, 5) is 26.2. The molecular formula is C27H30O7. The summed E-state index contributed by atoms with van der Waals surface area (Å²) in [6.07, 6.45) is 3.88. The average molecular weight is 467 g/mol. The van der Waals surface area contributed by atoms with Crippen LogP contribution in [0, 0.1) is 6.92 Å². The normalized spacial score (nSPS) is 15.1. The van der Waals surface area contributed by atoms with Gasteiger partial charge in [-0.1, -0.05) is 12.5 Å². The molecule has 34 heavy (non-hydrogen) atoms. The summed E-state index contributed by atoms with van der Waals surface area (Å²) in [5, 5.41) is 0.373. The first-order valence-corrected chi connectivity index (χ1v) is 11.6. The minimum atomic E-state index is -0.980. The van der Waals surface area contributed by atoms with Gasteiger partial charge in [-0.25, -0.2) is 4.79 Å². The summed E-state index contributed by atoms with van der Waals surface area (Å²) in [6, 6.07) is 10.5. The maximum absolute atomic E-state index is 13.5. The van der Waals surface area contributed by atoms with Crippen LogP contribution in [0.25, 0.3) is 22.3 Å². The van der Waals surface area contributed by atoms with Gasteiger partial charge in [0.15, 0.2) is 23.4 Å². The van der Waals surface area contributed by atoms with E-state index in [0.717, 1.165) is 37.7 Å². The predicted molar refractivity (Wildman–Crippen MR) is 129 cm³/mol. The Morgan fingerprint density at radius 3 is 2.44 bits per heavy atom. The van der Waals surface area contributed by atoms with Crippen molar-refractivity contribution in [2.24, 2.45) is 0 Å². The number of hydrogen-bond acceptors (Lipinski definition) is 7. The van der Waals surface area contributed by atoms with Crippen LogP contribution in [-0.4, -0.2) is 32.4 Å². The second-order valence-corrected chi connectivity index (χ2v) is 8.62. The van der Waals surface area contributed by atoms with Gasteiger partial charge in [0.25, 0.3) is 0 Å². The molecular weight excluding hydrogens is 436 g/mol. The van der Waals surface area contributed by atoms with Crippen LogP contribution in [0.4, 0.5) is 0 Å². The van der Waals surface area contributed by atoms with Crippen molar-refractivity contribution in [3.63, 3.8) is 0 Å². The number of aryl methyl sites for hydroxylation is 1. The molecule has 7 nitrogen and oxygen atoms in total. The Bertz CT molecular complexity index is 1240. The Hall–Kier alpha value is -3.48. The molecule has 4 rings (SSSR count). The lowest BCUT2D eigenvalue weighted by Crippen LogP contribution is -2.32. The molecule has 1 atom stereocenters. The van der Waals surface area contributed by atoms with Crippen molar-refractivity contribution in [3.8, 4) is 28.6 Å². The quantitative estimate of drug-likeness (QED) is 0.429. The van der Waals surface area contributed by atoms with Gasteiger partial charge in [-0.2, -0.15) is 0 Å². The molecule has 0 aliphatic heterocycles. The molecule has 180 valence electrons. The molecule has 1 aliphatic carbocycles. The summed E-state index contributed by atoms with van der Waals surface area (Å²) in [6.45, 7) is 3.51. The third kappa shape index (κ3) is 4.88. The van der Waals surface area contributed by atoms with E-state index in [1.807, 2.05) is 13.0 Å². The van der Waals surface area contributed by atoms with Gasteiger partial charge in [0.05, 0.1) is 19.6 Å². The van der Waals surface area contributed by atoms with E-state index < -0.39 is 12.1 Å². The summed E-state index contributed by atoms with van der Waals surface area (Å²) < 4.78 is 28.5. The van der Waals surface area contributed by atoms with Gasteiger partial charge >= 0.3 is 5.97 Å². The lowest BCUT2D eigenvalue weighted by atomic mass is 9.98. The molecule has 1 aliphatic rings. The fourth-order valence-electron chi connectivity index (χ4n) is 4.23. The second kappa shape index (κ2) is 10.2. The first-order valence-electron chi connectivity index (χ1n) is 11.6. The Morgan fingerprint density at radius 1 is 1.00 bits per heavy atom. The lowest BCUT2D eigenvalue weighted by molar-refractivity contribution is -0.158. The van der Waals surface area contributed by atoms with E-state index in [0.29, 0.717) is 28.0 Å². The van der Waals surface area contributed by atoms with E-state index in [1.54, 1.807) is 44.4 Å². The van der Waals surface area contributed by atoms with Gasteiger partial charge in [0, 0.05) is 5.56 Å². The number of fused-ring (bicyclic) bond motifs is 1. The zero-order valence-corrected chi connectivity index (χ0v) is 20.0. The molecule has 0 radical (unpaired) electrons. The van der Waals surface area contributed by atoms with Crippen LogP contribution in [0.15, 0.2) is 45.6 Å². The van der Waals surface area contributed by atoms with Crippen LogP contribution in [0.5, 0.6) is 17.2 Å². The number of carbonyl (C=O) groups excluding carboxylic acids is 1. The number of methoxy groups -OCH3 is 2. The molecule has 1 aromatic heterocycles. The molecule has 1 saturated carbocycles. The highest BCUT2D eigenvalue weighted by Crippen LogP contribution is 2.37. The molecule has 2 aromatic carbocycles. The lowest BCUT2D eigenvalue weighted by Gasteiger charge is -2.24. The van der Waals surface area contributed by atoms with E-state index in [-0.39, 0.29) is 23.0 Å². The van der Waals surface area contributed by atoms with Gasteiger partial charge in [-0.05, 0) is 75.4 Å². The van der Waals surface area contributed by atoms with E-state index in [4.69, 9.17) is 23.4 Å². The highest BCUT2D eigenvalue weighted by Gasteiger charge is 2.27. The molecule has 0 N–H and O–H groups in total. The monoisotopic (exact) mass is 466 g/mol. The SMILES string of the molecule is COc1ccc(-c2oc3cc(C)ccc3c(=O)c2OC(C)C(=O)OC2CCCCC2)cc1OC. The Labute approximate surface area is 198 Å². The molecule has 0 bridgehead atoms. The summed E-state index contributed by atoms with van der Waals surface area (Å²) >= 11 is 0. The topological polar surface area (TPSA) is 84.2 Å². The van der Waals surface area contributed by atoms with Crippen molar-refractivity contribution < 1.29 is 28.2 Å². The number of carbonyl (C=O) groups is 1. The van der Waals surface area contributed by atoms with Crippen molar-refractivity contribution in [1.29, 1.82) is 0 Å². The summed E-state index contributed by atoms with van der Waals surface area (Å²) in [5.74, 6) is 0.687. The Balaban J connectivity index is 1.75. The predicted octanol–water partition coefficient (Wildman–Crippen LogP) is 5.43. The number of benzene rings is 2. The summed E-state index contributed by atoms with van der Waals surface area (Å²) in [5.41, 5.74) is 1.58. The molecule has 0 spiro atoms. The minimum Gasteiger partial charge on any atom is -0.493 e. The van der Waals surface area contributed by atoms with Crippen molar-refractivity contribution in [2.45, 2.75) is 58.2 Å². The minimum absolute atomic E-state index is 0.0448. The molecule has 1 heterocycles. The van der Waals surface area contributed by atoms with Crippen LogP contribution < -0.4 is 19.6 Å². The average Bonchev–Trinajstić information content (AvgIpc) is 2.85. The molecule has 1 unspecified atom stereocenters. The van der Waals surface area contributed by atoms with Crippen molar-refractivity contribution in [1.82, 2.24) is 0 Å². The van der Waals surface area contributed by atoms with Crippen LogP contribution in [0.2, 0.25) is 0 Å². The summed E-state index contributed by atoms with van der Waals surface area (Å²) in [7, 11) is 3.08. The van der Waals surface area contributed by atoms with Crippen LogP contribution in [0.1, 0.15) is 44.6 Å². The molecule has 0 amide bonds. The molecule has 3 aromatic rings. The third-order valence-corrected chi connectivity index (χ3v) is 6.11. The van der Waals surface area contributed by atoms with Crippen LogP contribution >= 0.6 is 0 Å². The first kappa shape index (κ1) is 23.7. The number of hydrogen-bond donors (Lipinski definition) is 0. The largest absolute Gasteiger partial charge is 0.493 e. The fraction of sp³-hybridized carbons (Fsp3) is 0.407. The van der Waals surface area contributed by atoms with Crippen LogP contribution in [-0.2, 0) is 9.53 Å². The van der Waals surface area contributed by atoms with Gasteiger partial charge in [0.2, 0.25) is 11.2 Å². The van der Waals surface area contributed by atoms with Crippen molar-refractivity contribution in [2.75, 3.05) is 14.2 Å². The van der Waals surface area contributed by atoms with Gasteiger partial charge in [0.1, 0.15) is 11.7 Å². The Kier molecular flexibility index (Phi) is 7.10. The highest BCUT2D eigenvalue weighted by molar-refractivity contribution is 5.83. The maximum atomic E-state index is 13.5. The van der Waals surface area contributed by atoms with Gasteiger partial charge in [-0.3, -0.25) is 4.79 Å². The standard InChI is InChI=1S/C27H30O7/c1-16-10-12-20-22(14-16)34-25(18-11-13-21(30-3)23(15-18)31-4)26(24(20)28)32-17(2)27(29)33-19-8-6-5-7-9-19/h10-15,17,19H,5-9H2,1-4H3. The molecule has 1 fully saturated rings. The van der Waals surface area contributed by atoms with Gasteiger partial charge in [-0.15, -0.1) is 0 Å². The third-order valence-electron chi connectivity index (χ3n) is 6.11. The molecule has 7 heteroatoms.